The van der Waals surface area contributed by atoms with Crippen molar-refractivity contribution in [2.75, 3.05) is 78.5 Å². The molecule has 0 aromatic heterocycles. The van der Waals surface area contributed by atoms with E-state index in [9.17, 15) is 24.0 Å². The lowest BCUT2D eigenvalue weighted by molar-refractivity contribution is -0.146. The maximum atomic E-state index is 16.2. The van der Waals surface area contributed by atoms with Gasteiger partial charge in [-0.1, -0.05) is 182 Å². The van der Waals surface area contributed by atoms with Crippen LogP contribution in [0.2, 0.25) is 0 Å². The number of nitrogens with one attached hydrogen (secondary N) is 12. The number of benzene rings is 6. The average molecular weight is 1920 g/mol. The largest absolute Gasteiger partial charge is 0.370 e. The maximum Gasteiger partial charge on any atom is 0.246 e. The van der Waals surface area contributed by atoms with Crippen molar-refractivity contribution in [1.82, 2.24) is 77.3 Å². The molecular formula is C101H149N25O13. The molecule has 0 saturated carbocycles. The van der Waals surface area contributed by atoms with E-state index in [4.69, 9.17) is 56.4 Å². The summed E-state index contributed by atoms with van der Waals surface area (Å²) in [5.41, 5.74) is 44.4. The van der Waals surface area contributed by atoms with Crippen LogP contribution in [-0.2, 0) is 62.3 Å². The summed E-state index contributed by atoms with van der Waals surface area (Å²) in [5, 5.41) is 49.0. The number of carbonyl (C=O) groups is 13. The average Bonchev–Trinajstić information content (AvgIpc) is 0.813. The first-order valence-corrected chi connectivity index (χ1v) is 48.1. The molecule has 0 spiro atoms. The summed E-state index contributed by atoms with van der Waals surface area (Å²) < 4.78 is 0. The lowest BCUT2D eigenvalue weighted by Crippen LogP contribution is -2.57. The number of rotatable bonds is 63. The van der Waals surface area contributed by atoms with Crippen LogP contribution in [0.15, 0.2) is 182 Å². The molecule has 38 heteroatoms. The summed E-state index contributed by atoms with van der Waals surface area (Å²) in [6.45, 7) is 9.06. The molecule has 0 aliphatic rings. The third kappa shape index (κ3) is 39.3. The lowest BCUT2D eigenvalue weighted by Gasteiger charge is -2.36. The van der Waals surface area contributed by atoms with Crippen LogP contribution in [-0.4, -0.2) is 239 Å². The van der Waals surface area contributed by atoms with Crippen molar-refractivity contribution in [1.29, 1.82) is 16.2 Å². The van der Waals surface area contributed by atoms with Crippen molar-refractivity contribution in [2.45, 2.75) is 237 Å². The number of unbranched alkanes of at least 4 members (excludes halogenated alkanes) is 6. The van der Waals surface area contributed by atoms with E-state index in [2.05, 4.69) is 47.9 Å². The predicted molar refractivity (Wildman–Crippen MR) is 536 cm³/mol. The molecular weight excluding hydrogens is 1770 g/mol. The van der Waals surface area contributed by atoms with Gasteiger partial charge in [0.15, 0.2) is 17.9 Å². The lowest BCUT2D eigenvalue weighted by atomic mass is 10.0. The van der Waals surface area contributed by atoms with Crippen LogP contribution in [0.4, 0.5) is 0 Å². The fourth-order valence-corrected chi connectivity index (χ4v) is 16.6. The molecule has 0 fully saturated rings. The highest BCUT2D eigenvalue weighted by Gasteiger charge is 2.41. The second kappa shape index (κ2) is 61.4. The van der Waals surface area contributed by atoms with Gasteiger partial charge in [0.25, 0.3) is 0 Å². The summed E-state index contributed by atoms with van der Waals surface area (Å²) in [6.07, 6.45) is 4.36. The minimum atomic E-state index is -1.47. The standard InChI is InChI=1S/C101H149N25O13/c1-68(75-38-14-8-15-39-75)121(62-87(105)128)94(135)84(53-29-35-59-112-99(106)107)118-91(132)66-123(70(3)77-42-18-10-19-43-77)95(136)82(51-27-33-57-103)116-90(131)65-126(73(6)80-48-24-13-25-49-80)98(139)86(55-31-37-61-114-101(110)111)120-92(133)67-124(71(4)78-44-20-11-21-45-78)96(137)83(52-28-34-58-104)117-89(130)64-125(72(5)79-46-22-12-23-47-79)97(138)85(54-30-36-60-113-100(108)109)119-88(129)63-122(69(2)76-40-16-9-17-41-76)93(134)81(115-74(7)127)50-26-32-56-102/h8-25,38-49,68-73,81-86H,26-37,50-67,102-104H2,1-7H3,(H2,105,128)(H,115,127)(H,116,131)(H,117,130)(H,118,132)(H,119,129)(H,120,133)(H4,106,107,112)(H4,108,109,113)(H4,110,111,114)/t68-,69-,70-,71-,72-,73-,81-,82-,83-,84-,85-,86-/m0/s1. The number of nitrogens with zero attached hydrogens (tertiary/aromatic N) is 6. The van der Waals surface area contributed by atoms with Crippen LogP contribution in [0.3, 0.4) is 0 Å². The Balaban J connectivity index is 1.39. The highest BCUT2D eigenvalue weighted by atomic mass is 16.2. The van der Waals surface area contributed by atoms with Gasteiger partial charge >= 0.3 is 0 Å². The second-order valence-corrected chi connectivity index (χ2v) is 35.0. The molecule has 0 saturated heterocycles. The fourth-order valence-electron chi connectivity index (χ4n) is 16.6. The normalized spacial score (nSPS) is 13.6. The zero-order valence-electron chi connectivity index (χ0n) is 81.5. The highest BCUT2D eigenvalue weighted by Crippen LogP contribution is 2.30. The van der Waals surface area contributed by atoms with Crippen molar-refractivity contribution in [2.24, 2.45) is 40.1 Å². The number of nitrogens with two attached hydrogens (primary N) is 7. The Morgan fingerprint density at radius 1 is 0.252 bits per heavy atom. The molecule has 12 atom stereocenters. The molecule has 6 aromatic carbocycles. The van der Waals surface area contributed by atoms with Crippen LogP contribution >= 0.6 is 0 Å². The first-order chi connectivity index (χ1) is 66.6. The molecule has 0 unspecified atom stereocenters. The van der Waals surface area contributed by atoms with E-state index < -0.39 is 189 Å². The summed E-state index contributed by atoms with van der Waals surface area (Å²) in [5.74, 6) is -10.3. The Morgan fingerprint density at radius 3 is 0.576 bits per heavy atom. The monoisotopic (exact) mass is 1920 g/mol. The maximum absolute atomic E-state index is 16.2. The summed E-state index contributed by atoms with van der Waals surface area (Å²) in [7, 11) is 0. The van der Waals surface area contributed by atoms with Gasteiger partial charge in [0.2, 0.25) is 76.8 Å². The van der Waals surface area contributed by atoms with E-state index in [1.807, 2.05) is 0 Å². The predicted octanol–water partition coefficient (Wildman–Crippen LogP) is 5.29. The van der Waals surface area contributed by atoms with E-state index in [1.54, 1.807) is 224 Å². The molecule has 0 radical (unpaired) electrons. The number of hydrogen-bond acceptors (Lipinski definition) is 19. The zero-order valence-corrected chi connectivity index (χ0v) is 81.5. The summed E-state index contributed by atoms with van der Waals surface area (Å²) in [6, 6.07) is 40.1. The van der Waals surface area contributed by atoms with E-state index in [1.165, 1.54) is 36.3 Å². The first kappa shape index (κ1) is 114. The Bertz CT molecular complexity index is 4880. The van der Waals surface area contributed by atoms with Gasteiger partial charge in [-0.3, -0.25) is 78.6 Å². The van der Waals surface area contributed by atoms with E-state index in [0.717, 1.165) is 0 Å². The highest BCUT2D eigenvalue weighted by molar-refractivity contribution is 5.98. The minimum absolute atomic E-state index is 0.0140. The third-order valence-electron chi connectivity index (χ3n) is 24.5. The van der Waals surface area contributed by atoms with Crippen LogP contribution in [0.1, 0.15) is 234 Å². The number of amides is 13. The molecule has 0 bridgehead atoms. The van der Waals surface area contributed by atoms with Gasteiger partial charge in [0.1, 0.15) is 69.0 Å². The van der Waals surface area contributed by atoms with Crippen molar-refractivity contribution in [3.05, 3.63) is 215 Å². The van der Waals surface area contributed by atoms with E-state index in [-0.39, 0.29) is 108 Å². The SMILES string of the molecule is CC(=O)N[C@@H](CCCCN)C(=O)N(CC(=O)N[C@@H](CCCCNC(=N)N)C(=O)N(CC(=O)N[C@@H](CCCCN)C(=O)N(CC(=O)N[C@@H](CCCCNC(=N)N)C(=O)N(CC(=O)N[C@@H](CCCCN)C(=O)N(CC(=O)N[C@@H](CCCCNC(=N)N)C(=O)N(CC(N)=O)[C@@H](C)c1ccccc1)[C@@H](C)c1ccccc1)[C@@H](C)c1ccccc1)[C@@H](C)c1ccccc1)[C@@H](C)c1ccccc1)[C@@H](C)c1ccccc1. The number of primary amides is 1. The van der Waals surface area contributed by atoms with Gasteiger partial charge < -0.3 is 117 Å². The molecule has 6 rings (SSSR count). The fraction of sp³-hybridized carbons (Fsp3) is 0.485. The summed E-state index contributed by atoms with van der Waals surface area (Å²) in [4.78, 5) is 203. The molecule has 38 nitrogen and oxygen atoms in total. The third-order valence-corrected chi connectivity index (χ3v) is 24.5. The van der Waals surface area contributed by atoms with Crippen LogP contribution in [0.25, 0.3) is 0 Å². The van der Waals surface area contributed by atoms with Crippen molar-refractivity contribution in [3.63, 3.8) is 0 Å². The van der Waals surface area contributed by atoms with Crippen molar-refractivity contribution < 1.29 is 62.3 Å². The van der Waals surface area contributed by atoms with E-state index in [0.29, 0.717) is 97.7 Å². The van der Waals surface area contributed by atoms with Gasteiger partial charge in [0.05, 0.1) is 42.8 Å². The van der Waals surface area contributed by atoms with Crippen LogP contribution in [0, 0.1) is 16.2 Å². The molecule has 6 aromatic rings. The van der Waals surface area contributed by atoms with Crippen LogP contribution in [0.5, 0.6) is 0 Å². The molecule has 756 valence electrons. The molecule has 13 amide bonds. The molecule has 0 heterocycles. The topological polar surface area (TPSA) is 603 Å². The van der Waals surface area contributed by atoms with Gasteiger partial charge in [-0.15, -0.1) is 0 Å². The second-order valence-electron chi connectivity index (χ2n) is 35.0. The number of hydrogen-bond donors (Lipinski definition) is 19. The minimum Gasteiger partial charge on any atom is -0.370 e. The number of carbonyl (C=O) groups excluding carboxylic acids is 13. The summed E-state index contributed by atoms with van der Waals surface area (Å²) >= 11 is 0. The molecule has 26 N–H and O–H groups in total. The van der Waals surface area contributed by atoms with Crippen molar-refractivity contribution in [3.8, 4) is 0 Å². The van der Waals surface area contributed by atoms with Gasteiger partial charge in [-0.25, -0.2) is 0 Å². The van der Waals surface area contributed by atoms with Crippen molar-refractivity contribution >= 4 is 94.7 Å². The quantitative estimate of drug-likeness (QED) is 0.0131. The first-order valence-electron chi connectivity index (χ1n) is 48.1. The molecule has 0 aliphatic carbocycles. The van der Waals surface area contributed by atoms with Gasteiger partial charge in [-0.2, -0.15) is 0 Å². The van der Waals surface area contributed by atoms with Crippen LogP contribution < -0.4 is 88.0 Å². The molecule has 0 aliphatic heterocycles. The molecule has 139 heavy (non-hydrogen) atoms. The number of guanidine groups is 3. The van der Waals surface area contributed by atoms with E-state index >= 15 is 38.4 Å². The Labute approximate surface area is 816 Å². The Kier molecular flexibility index (Phi) is 50.2. The smallest absolute Gasteiger partial charge is 0.246 e. The Morgan fingerprint density at radius 2 is 0.417 bits per heavy atom. The zero-order chi connectivity index (χ0) is 102. The van der Waals surface area contributed by atoms with Gasteiger partial charge in [-0.05, 0) is 210 Å². The van der Waals surface area contributed by atoms with Gasteiger partial charge in [0, 0.05) is 26.6 Å². The Hall–Kier alpha value is -13.9.